The molecule has 3 heteroatoms. The van der Waals surface area contributed by atoms with Gasteiger partial charge in [-0.1, -0.05) is 31.5 Å². The fourth-order valence-electron chi connectivity index (χ4n) is 1.97. The maximum absolute atomic E-state index is 9.94. The lowest BCUT2D eigenvalue weighted by molar-refractivity contribution is 0.162. The predicted octanol–water partition coefficient (Wildman–Crippen LogP) is 3.38. The molecule has 18 heavy (non-hydrogen) atoms. The number of aliphatic hydroxyl groups excluding tert-OH is 1. The minimum absolute atomic E-state index is 0.453. The van der Waals surface area contributed by atoms with Gasteiger partial charge in [-0.2, -0.15) is 0 Å². The molecular formula is C15H19NO2. The molecular weight excluding hydrogens is 226 g/mol. The summed E-state index contributed by atoms with van der Waals surface area (Å²) >= 11 is 0. The molecule has 0 bridgehead atoms. The van der Waals surface area contributed by atoms with Gasteiger partial charge in [-0.15, -0.1) is 0 Å². The summed E-state index contributed by atoms with van der Waals surface area (Å²) in [5, 5.41) is 13.2. The quantitative estimate of drug-likeness (QED) is 0.820. The molecule has 2 aromatic rings. The number of hydrogen-bond acceptors (Lipinski definition) is 3. The summed E-state index contributed by atoms with van der Waals surface area (Å²) in [5.74, 6) is 0.593. The Labute approximate surface area is 107 Å². The Morgan fingerprint density at radius 2 is 2.06 bits per heavy atom. The summed E-state index contributed by atoms with van der Waals surface area (Å²) in [6, 6.07) is 11.8. The monoisotopic (exact) mass is 245 g/mol. The highest BCUT2D eigenvalue weighted by molar-refractivity contribution is 5.51. The van der Waals surface area contributed by atoms with E-state index in [1.54, 1.807) is 18.4 Å². The van der Waals surface area contributed by atoms with Gasteiger partial charge in [0.1, 0.15) is 11.9 Å². The summed E-state index contributed by atoms with van der Waals surface area (Å²) in [7, 11) is 0. The second-order valence-corrected chi connectivity index (χ2v) is 4.32. The number of nitrogens with one attached hydrogen (secondary N) is 1. The summed E-state index contributed by atoms with van der Waals surface area (Å²) in [6.07, 6.45) is 3.11. The molecule has 0 spiro atoms. The first-order valence-corrected chi connectivity index (χ1v) is 6.34. The lowest BCUT2D eigenvalue weighted by Crippen LogP contribution is -2.12. The fraction of sp³-hybridized carbons (Fsp3) is 0.333. The van der Waals surface area contributed by atoms with Crippen LogP contribution in [0.5, 0.6) is 0 Å². The number of hydrogen-bond donors (Lipinski definition) is 2. The molecule has 1 heterocycles. The number of rotatable bonds is 6. The largest absolute Gasteiger partial charge is 0.467 e. The van der Waals surface area contributed by atoms with E-state index in [9.17, 15) is 5.11 Å². The van der Waals surface area contributed by atoms with E-state index in [1.807, 2.05) is 18.2 Å². The Bertz CT molecular complexity index is 465. The van der Waals surface area contributed by atoms with Crippen molar-refractivity contribution < 1.29 is 9.52 Å². The van der Waals surface area contributed by atoms with Crippen LogP contribution in [-0.2, 0) is 6.42 Å². The number of aryl methyl sites for hydroxylation is 1. The van der Waals surface area contributed by atoms with Crippen LogP contribution in [0.2, 0.25) is 0 Å². The average molecular weight is 245 g/mol. The van der Waals surface area contributed by atoms with Crippen LogP contribution in [0.4, 0.5) is 5.69 Å². The zero-order valence-electron chi connectivity index (χ0n) is 10.6. The minimum Gasteiger partial charge on any atom is -0.467 e. The van der Waals surface area contributed by atoms with E-state index in [0.717, 1.165) is 18.5 Å². The highest BCUT2D eigenvalue weighted by atomic mass is 16.4. The molecule has 2 rings (SSSR count). The van der Waals surface area contributed by atoms with Crippen LogP contribution in [0.1, 0.15) is 30.8 Å². The summed E-state index contributed by atoms with van der Waals surface area (Å²) in [6.45, 7) is 2.61. The van der Waals surface area contributed by atoms with Crippen molar-refractivity contribution in [2.24, 2.45) is 0 Å². The molecule has 1 unspecified atom stereocenters. The Morgan fingerprint density at radius 3 is 2.78 bits per heavy atom. The molecule has 2 N–H and O–H groups in total. The third kappa shape index (κ3) is 3.14. The molecule has 1 atom stereocenters. The molecule has 0 saturated carbocycles. The zero-order valence-corrected chi connectivity index (χ0v) is 10.6. The minimum atomic E-state index is -0.616. The van der Waals surface area contributed by atoms with Crippen LogP contribution in [0.3, 0.4) is 0 Å². The van der Waals surface area contributed by atoms with Gasteiger partial charge in [-0.3, -0.25) is 0 Å². The first-order valence-electron chi connectivity index (χ1n) is 6.34. The van der Waals surface area contributed by atoms with Crippen LogP contribution < -0.4 is 5.32 Å². The van der Waals surface area contributed by atoms with Crippen molar-refractivity contribution in [3.05, 3.63) is 54.0 Å². The first-order chi connectivity index (χ1) is 8.81. The number of para-hydroxylation sites is 1. The average Bonchev–Trinajstić information content (AvgIpc) is 2.92. The molecule has 0 amide bonds. The lowest BCUT2D eigenvalue weighted by atomic mass is 10.1. The third-order valence-electron chi connectivity index (χ3n) is 2.89. The highest BCUT2D eigenvalue weighted by Crippen LogP contribution is 2.19. The van der Waals surface area contributed by atoms with E-state index in [-0.39, 0.29) is 0 Å². The van der Waals surface area contributed by atoms with Crippen LogP contribution in [-0.4, -0.2) is 11.7 Å². The lowest BCUT2D eigenvalue weighted by Gasteiger charge is -2.14. The van der Waals surface area contributed by atoms with Crippen molar-refractivity contribution in [3.8, 4) is 0 Å². The number of aliphatic hydroxyl groups is 1. The second kappa shape index (κ2) is 6.26. The number of anilines is 1. The van der Waals surface area contributed by atoms with Crippen LogP contribution in [0, 0.1) is 0 Å². The summed E-state index contributed by atoms with van der Waals surface area (Å²) in [4.78, 5) is 0. The van der Waals surface area contributed by atoms with Gasteiger partial charge < -0.3 is 14.8 Å². The van der Waals surface area contributed by atoms with Crippen molar-refractivity contribution in [1.82, 2.24) is 0 Å². The molecule has 96 valence electrons. The molecule has 1 aromatic heterocycles. The molecule has 3 nitrogen and oxygen atoms in total. The first kappa shape index (κ1) is 12.7. The van der Waals surface area contributed by atoms with E-state index in [4.69, 9.17) is 4.42 Å². The molecule has 1 aromatic carbocycles. The highest BCUT2D eigenvalue weighted by Gasteiger charge is 2.10. The van der Waals surface area contributed by atoms with E-state index in [0.29, 0.717) is 12.3 Å². The van der Waals surface area contributed by atoms with Crippen molar-refractivity contribution in [1.29, 1.82) is 0 Å². The standard InChI is InChI=1S/C15H19NO2/c1-2-6-12-7-3-4-8-13(12)16-11-14(17)15-9-5-10-18-15/h3-5,7-10,14,16-17H,2,6,11H2,1H3. The maximum atomic E-state index is 9.94. The molecule has 0 fully saturated rings. The van der Waals surface area contributed by atoms with Gasteiger partial charge in [0.15, 0.2) is 0 Å². The molecule has 0 aliphatic heterocycles. The fourth-order valence-corrected chi connectivity index (χ4v) is 1.97. The van der Waals surface area contributed by atoms with Crippen molar-refractivity contribution in [2.45, 2.75) is 25.9 Å². The van der Waals surface area contributed by atoms with Crippen LogP contribution in [0.25, 0.3) is 0 Å². The maximum Gasteiger partial charge on any atom is 0.134 e. The Morgan fingerprint density at radius 1 is 1.22 bits per heavy atom. The Hall–Kier alpha value is -1.74. The summed E-state index contributed by atoms with van der Waals surface area (Å²) < 4.78 is 5.17. The second-order valence-electron chi connectivity index (χ2n) is 4.32. The van der Waals surface area contributed by atoms with Crippen LogP contribution in [0.15, 0.2) is 47.1 Å². The van der Waals surface area contributed by atoms with E-state index in [2.05, 4.69) is 18.3 Å². The van der Waals surface area contributed by atoms with Crippen molar-refractivity contribution in [2.75, 3.05) is 11.9 Å². The molecule has 0 aliphatic carbocycles. The van der Waals surface area contributed by atoms with E-state index >= 15 is 0 Å². The van der Waals surface area contributed by atoms with Gasteiger partial charge >= 0.3 is 0 Å². The van der Waals surface area contributed by atoms with Gasteiger partial charge in [0.25, 0.3) is 0 Å². The van der Waals surface area contributed by atoms with Crippen molar-refractivity contribution >= 4 is 5.69 Å². The van der Waals surface area contributed by atoms with Gasteiger partial charge in [0.05, 0.1) is 6.26 Å². The Kier molecular flexibility index (Phi) is 4.42. The van der Waals surface area contributed by atoms with Crippen molar-refractivity contribution in [3.63, 3.8) is 0 Å². The third-order valence-corrected chi connectivity index (χ3v) is 2.89. The van der Waals surface area contributed by atoms with Crippen LogP contribution >= 0.6 is 0 Å². The van der Waals surface area contributed by atoms with Gasteiger partial charge in [-0.25, -0.2) is 0 Å². The normalized spacial score (nSPS) is 12.3. The SMILES string of the molecule is CCCc1ccccc1NCC(O)c1ccco1. The molecule has 0 radical (unpaired) electrons. The predicted molar refractivity (Wildman–Crippen MR) is 72.6 cm³/mol. The topological polar surface area (TPSA) is 45.4 Å². The zero-order chi connectivity index (χ0) is 12.8. The van der Waals surface area contributed by atoms with Gasteiger partial charge in [-0.05, 0) is 30.2 Å². The number of benzene rings is 1. The number of furan rings is 1. The molecule has 0 saturated heterocycles. The smallest absolute Gasteiger partial charge is 0.134 e. The van der Waals surface area contributed by atoms with Gasteiger partial charge in [0.2, 0.25) is 0 Å². The summed E-state index contributed by atoms with van der Waals surface area (Å²) in [5.41, 5.74) is 2.37. The van der Waals surface area contributed by atoms with Gasteiger partial charge in [0, 0.05) is 12.2 Å². The Balaban J connectivity index is 1.97. The van der Waals surface area contributed by atoms with E-state index in [1.165, 1.54) is 5.56 Å². The van der Waals surface area contributed by atoms with E-state index < -0.39 is 6.10 Å². The molecule has 0 aliphatic rings.